The summed E-state index contributed by atoms with van der Waals surface area (Å²) in [5.74, 6) is -0.402. The normalized spacial score (nSPS) is 12.8. The van der Waals surface area contributed by atoms with Crippen LogP contribution in [0.4, 0.5) is 21.9 Å². The fraction of sp³-hybridized carbons (Fsp3) is 0.222. The minimum atomic E-state index is -0.402. The summed E-state index contributed by atoms with van der Waals surface area (Å²) in [5.41, 5.74) is 3.80. The van der Waals surface area contributed by atoms with Gasteiger partial charge in [0.1, 0.15) is 0 Å². The van der Waals surface area contributed by atoms with Crippen LogP contribution in [0, 0.1) is 6.92 Å². The van der Waals surface area contributed by atoms with Gasteiger partial charge in [0.15, 0.2) is 0 Å². The molecule has 0 spiro atoms. The first kappa shape index (κ1) is 15.9. The van der Waals surface area contributed by atoms with E-state index in [9.17, 15) is 9.59 Å². The Labute approximate surface area is 140 Å². The van der Waals surface area contributed by atoms with Gasteiger partial charge in [0.25, 0.3) is 0 Å². The predicted molar refractivity (Wildman–Crippen MR) is 93.8 cm³/mol. The zero-order valence-electron chi connectivity index (χ0n) is 13.6. The van der Waals surface area contributed by atoms with E-state index < -0.39 is 5.97 Å². The minimum absolute atomic E-state index is 0.201. The van der Waals surface area contributed by atoms with Gasteiger partial charge in [-0.15, -0.1) is 0 Å². The summed E-state index contributed by atoms with van der Waals surface area (Å²) >= 11 is 0. The zero-order chi connectivity index (χ0) is 17.1. The van der Waals surface area contributed by atoms with Crippen LogP contribution in [-0.4, -0.2) is 32.2 Å². The zero-order valence-corrected chi connectivity index (χ0v) is 13.6. The molecule has 1 aliphatic heterocycles. The van der Waals surface area contributed by atoms with Crippen molar-refractivity contribution in [3.63, 3.8) is 0 Å². The highest BCUT2D eigenvalue weighted by Crippen LogP contribution is 2.30. The number of hydrogen-bond donors (Lipinski definition) is 2. The SMILES string of the molecule is COC(=O)c1ccc2c(c1)NCCN2C(=O)Nc1ccc(C)cc1. The van der Waals surface area contributed by atoms with E-state index in [0.717, 1.165) is 22.6 Å². The van der Waals surface area contributed by atoms with Crippen molar-refractivity contribution in [2.24, 2.45) is 0 Å². The first-order valence-corrected chi connectivity index (χ1v) is 7.70. The number of anilines is 3. The first-order valence-electron chi connectivity index (χ1n) is 7.70. The smallest absolute Gasteiger partial charge is 0.337 e. The van der Waals surface area contributed by atoms with Gasteiger partial charge in [-0.05, 0) is 37.3 Å². The van der Waals surface area contributed by atoms with Crippen LogP contribution in [0.5, 0.6) is 0 Å². The summed E-state index contributed by atoms with van der Waals surface area (Å²) < 4.78 is 4.73. The second-order valence-corrected chi connectivity index (χ2v) is 5.60. The molecule has 24 heavy (non-hydrogen) atoms. The lowest BCUT2D eigenvalue weighted by molar-refractivity contribution is 0.0601. The van der Waals surface area contributed by atoms with Crippen molar-refractivity contribution in [1.29, 1.82) is 0 Å². The van der Waals surface area contributed by atoms with Gasteiger partial charge < -0.3 is 15.4 Å². The number of rotatable bonds is 2. The van der Waals surface area contributed by atoms with E-state index in [1.165, 1.54) is 7.11 Å². The Balaban J connectivity index is 1.82. The molecular weight excluding hydrogens is 306 g/mol. The maximum absolute atomic E-state index is 12.6. The van der Waals surface area contributed by atoms with Gasteiger partial charge >= 0.3 is 12.0 Å². The van der Waals surface area contributed by atoms with Crippen LogP contribution in [0.15, 0.2) is 42.5 Å². The monoisotopic (exact) mass is 325 g/mol. The molecule has 2 aromatic carbocycles. The number of hydrogen-bond acceptors (Lipinski definition) is 4. The maximum atomic E-state index is 12.6. The van der Waals surface area contributed by atoms with Gasteiger partial charge in [-0.1, -0.05) is 17.7 Å². The molecule has 1 aliphatic rings. The Hall–Kier alpha value is -3.02. The molecule has 0 aliphatic carbocycles. The highest BCUT2D eigenvalue weighted by Gasteiger charge is 2.23. The van der Waals surface area contributed by atoms with Gasteiger partial charge in [-0.2, -0.15) is 0 Å². The Morgan fingerprint density at radius 3 is 2.62 bits per heavy atom. The number of carbonyl (C=O) groups is 2. The average Bonchev–Trinajstić information content (AvgIpc) is 2.61. The second-order valence-electron chi connectivity index (χ2n) is 5.60. The number of urea groups is 1. The third-order valence-electron chi connectivity index (χ3n) is 3.91. The van der Waals surface area contributed by atoms with E-state index in [2.05, 4.69) is 10.6 Å². The van der Waals surface area contributed by atoms with E-state index in [1.54, 1.807) is 23.1 Å². The van der Waals surface area contributed by atoms with Crippen LogP contribution in [0.25, 0.3) is 0 Å². The molecule has 0 bridgehead atoms. The molecule has 0 aromatic heterocycles. The molecule has 0 radical (unpaired) electrons. The molecule has 0 atom stereocenters. The largest absolute Gasteiger partial charge is 0.465 e. The summed E-state index contributed by atoms with van der Waals surface area (Å²) in [4.78, 5) is 25.9. The van der Waals surface area contributed by atoms with E-state index in [0.29, 0.717) is 18.7 Å². The fourth-order valence-electron chi connectivity index (χ4n) is 2.62. The minimum Gasteiger partial charge on any atom is -0.465 e. The summed E-state index contributed by atoms with van der Waals surface area (Å²) in [6, 6.07) is 12.5. The molecule has 6 heteroatoms. The lowest BCUT2D eigenvalue weighted by Crippen LogP contribution is -2.41. The Morgan fingerprint density at radius 2 is 1.92 bits per heavy atom. The maximum Gasteiger partial charge on any atom is 0.337 e. The molecule has 6 nitrogen and oxygen atoms in total. The molecule has 124 valence electrons. The van der Waals surface area contributed by atoms with Crippen LogP contribution in [0.2, 0.25) is 0 Å². The van der Waals surface area contributed by atoms with Gasteiger partial charge in [-0.25, -0.2) is 9.59 Å². The number of methoxy groups -OCH3 is 1. The Morgan fingerprint density at radius 1 is 1.17 bits per heavy atom. The quantitative estimate of drug-likeness (QED) is 0.832. The number of amides is 2. The molecular formula is C18H19N3O3. The van der Waals surface area contributed by atoms with Crippen LogP contribution >= 0.6 is 0 Å². The molecule has 0 fully saturated rings. The van der Waals surface area contributed by atoms with Crippen molar-refractivity contribution in [3.8, 4) is 0 Å². The second kappa shape index (κ2) is 6.62. The highest BCUT2D eigenvalue weighted by atomic mass is 16.5. The highest BCUT2D eigenvalue weighted by molar-refractivity contribution is 6.05. The summed E-state index contributed by atoms with van der Waals surface area (Å²) in [7, 11) is 1.34. The van der Waals surface area contributed by atoms with Crippen molar-refractivity contribution < 1.29 is 14.3 Å². The summed E-state index contributed by atoms with van der Waals surface area (Å²) in [6.45, 7) is 3.15. The Kier molecular flexibility index (Phi) is 4.37. The molecule has 3 rings (SSSR count). The van der Waals surface area contributed by atoms with Gasteiger partial charge in [-0.3, -0.25) is 4.90 Å². The molecule has 2 N–H and O–H groups in total. The fourth-order valence-corrected chi connectivity index (χ4v) is 2.62. The number of nitrogens with zero attached hydrogens (tertiary/aromatic N) is 1. The topological polar surface area (TPSA) is 70.7 Å². The summed E-state index contributed by atoms with van der Waals surface area (Å²) in [6.07, 6.45) is 0. The standard InChI is InChI=1S/C18H19N3O3/c1-12-3-6-14(7-4-12)20-18(23)21-10-9-19-15-11-13(17(22)24-2)5-8-16(15)21/h3-8,11,19H,9-10H2,1-2H3,(H,20,23). The molecule has 0 unspecified atom stereocenters. The molecule has 0 saturated heterocycles. The third-order valence-corrected chi connectivity index (χ3v) is 3.91. The number of benzene rings is 2. The van der Waals surface area contributed by atoms with E-state index in [4.69, 9.17) is 4.74 Å². The Bertz CT molecular complexity index is 772. The van der Waals surface area contributed by atoms with Gasteiger partial charge in [0, 0.05) is 18.8 Å². The van der Waals surface area contributed by atoms with Crippen molar-refractivity contribution in [1.82, 2.24) is 0 Å². The average molecular weight is 325 g/mol. The molecule has 0 saturated carbocycles. The number of aryl methyl sites for hydroxylation is 1. The van der Waals surface area contributed by atoms with E-state index in [1.807, 2.05) is 31.2 Å². The van der Waals surface area contributed by atoms with Crippen molar-refractivity contribution >= 4 is 29.1 Å². The van der Waals surface area contributed by atoms with Crippen LogP contribution in [-0.2, 0) is 4.74 Å². The van der Waals surface area contributed by atoms with Crippen LogP contribution in [0.1, 0.15) is 15.9 Å². The number of ether oxygens (including phenoxy) is 1. The number of esters is 1. The number of carbonyl (C=O) groups excluding carboxylic acids is 2. The summed E-state index contributed by atoms with van der Waals surface area (Å²) in [5, 5.41) is 6.10. The van der Waals surface area contributed by atoms with E-state index in [-0.39, 0.29) is 6.03 Å². The van der Waals surface area contributed by atoms with Crippen LogP contribution in [0.3, 0.4) is 0 Å². The van der Waals surface area contributed by atoms with Crippen molar-refractivity contribution in [2.75, 3.05) is 35.7 Å². The first-order chi connectivity index (χ1) is 11.6. The third kappa shape index (κ3) is 3.17. The van der Waals surface area contributed by atoms with Crippen molar-refractivity contribution in [2.45, 2.75) is 6.92 Å². The molecule has 2 amide bonds. The molecule has 2 aromatic rings. The lowest BCUT2D eigenvalue weighted by atomic mass is 10.1. The van der Waals surface area contributed by atoms with E-state index >= 15 is 0 Å². The number of nitrogens with one attached hydrogen (secondary N) is 2. The van der Waals surface area contributed by atoms with Crippen molar-refractivity contribution in [3.05, 3.63) is 53.6 Å². The van der Waals surface area contributed by atoms with Crippen LogP contribution < -0.4 is 15.5 Å². The van der Waals surface area contributed by atoms with Gasteiger partial charge in [0.05, 0.1) is 24.0 Å². The lowest BCUT2D eigenvalue weighted by Gasteiger charge is -2.30. The van der Waals surface area contributed by atoms with Gasteiger partial charge in [0.2, 0.25) is 0 Å². The number of fused-ring (bicyclic) bond motifs is 1. The molecule has 1 heterocycles. The predicted octanol–water partition coefficient (Wildman–Crippen LogP) is 3.25.